The average Bonchev–Trinajstić information content (AvgIpc) is 2.94. The number of carbonyl (C=O) groups excluding carboxylic acids is 2. The number of esters is 1. The van der Waals surface area contributed by atoms with Gasteiger partial charge in [0.05, 0.1) is 19.8 Å². The fraction of sp³-hybridized carbons (Fsp3) is 0.250. The summed E-state index contributed by atoms with van der Waals surface area (Å²) in [4.78, 5) is 30.6. The molecule has 0 aliphatic carbocycles. The molecule has 2 aromatic rings. The highest BCUT2D eigenvalue weighted by atomic mass is 16.5. The normalized spacial score (nSPS) is 16.6. The van der Waals surface area contributed by atoms with Crippen molar-refractivity contribution in [2.24, 2.45) is 0 Å². The van der Waals surface area contributed by atoms with E-state index in [-0.39, 0.29) is 18.7 Å². The van der Waals surface area contributed by atoms with Crippen LogP contribution in [0, 0.1) is 0 Å². The number of pyridine rings is 1. The van der Waals surface area contributed by atoms with E-state index in [9.17, 15) is 14.7 Å². The maximum Gasteiger partial charge on any atom is 0.340 e. The monoisotopic (exact) mass is 368 g/mol. The van der Waals surface area contributed by atoms with Gasteiger partial charge in [-0.1, -0.05) is 18.2 Å². The van der Waals surface area contributed by atoms with Crippen molar-refractivity contribution in [3.63, 3.8) is 0 Å². The molecule has 1 aromatic carbocycles. The van der Waals surface area contributed by atoms with E-state index in [1.54, 1.807) is 50.7 Å². The fourth-order valence-corrected chi connectivity index (χ4v) is 3.05. The summed E-state index contributed by atoms with van der Waals surface area (Å²) in [6.07, 6.45) is 3.17. The zero-order valence-corrected chi connectivity index (χ0v) is 15.1. The van der Waals surface area contributed by atoms with E-state index in [0.29, 0.717) is 11.3 Å². The molecule has 1 N–H and O–H groups in total. The number of nitrogens with zero attached hydrogens (tertiary/aromatic N) is 2. The van der Waals surface area contributed by atoms with Gasteiger partial charge in [0.15, 0.2) is 5.76 Å². The summed E-state index contributed by atoms with van der Waals surface area (Å²) >= 11 is 0. The Bertz CT molecular complexity index is 862. The molecule has 140 valence electrons. The Hall–Kier alpha value is -3.35. The van der Waals surface area contributed by atoms with Gasteiger partial charge < -0.3 is 19.5 Å². The molecule has 1 aromatic heterocycles. The van der Waals surface area contributed by atoms with Gasteiger partial charge in [0.2, 0.25) is 0 Å². The van der Waals surface area contributed by atoms with E-state index in [4.69, 9.17) is 9.47 Å². The molecular formula is C20H20N2O5. The Kier molecular flexibility index (Phi) is 5.40. The van der Waals surface area contributed by atoms with Crippen LogP contribution >= 0.6 is 0 Å². The summed E-state index contributed by atoms with van der Waals surface area (Å²) in [6.45, 7) is 2.01. The summed E-state index contributed by atoms with van der Waals surface area (Å²) in [7, 11) is 1.57. The second kappa shape index (κ2) is 7.90. The lowest BCUT2D eigenvalue weighted by atomic mass is 10.0. The summed E-state index contributed by atoms with van der Waals surface area (Å²) in [5, 5.41) is 10.4. The second-order valence-electron chi connectivity index (χ2n) is 5.95. The number of amides is 1. The van der Waals surface area contributed by atoms with E-state index in [1.165, 1.54) is 4.90 Å². The largest absolute Gasteiger partial charge is 0.503 e. The Morgan fingerprint density at radius 3 is 2.59 bits per heavy atom. The predicted molar refractivity (Wildman–Crippen MR) is 96.8 cm³/mol. The number of aliphatic hydroxyl groups is 1. The molecular weight excluding hydrogens is 348 g/mol. The van der Waals surface area contributed by atoms with Crippen LogP contribution in [0.3, 0.4) is 0 Å². The van der Waals surface area contributed by atoms with E-state index in [1.807, 2.05) is 12.1 Å². The Morgan fingerprint density at radius 1 is 1.26 bits per heavy atom. The van der Waals surface area contributed by atoms with Gasteiger partial charge in [-0.2, -0.15) is 0 Å². The highest BCUT2D eigenvalue weighted by Crippen LogP contribution is 2.38. The maximum atomic E-state index is 12.7. The molecule has 0 bridgehead atoms. The molecule has 1 atom stereocenters. The lowest BCUT2D eigenvalue weighted by molar-refractivity contribution is -0.139. The predicted octanol–water partition coefficient (Wildman–Crippen LogP) is 2.55. The quantitative estimate of drug-likeness (QED) is 0.788. The molecule has 7 nitrogen and oxygen atoms in total. The zero-order chi connectivity index (χ0) is 19.4. The third-order valence-electron chi connectivity index (χ3n) is 4.31. The van der Waals surface area contributed by atoms with Gasteiger partial charge in [-0.15, -0.1) is 0 Å². The highest BCUT2D eigenvalue weighted by molar-refractivity contribution is 6.06. The molecule has 1 aliphatic heterocycles. The van der Waals surface area contributed by atoms with Gasteiger partial charge in [0.25, 0.3) is 5.91 Å². The number of hydrogen-bond donors (Lipinski definition) is 1. The molecule has 0 radical (unpaired) electrons. The minimum atomic E-state index is -0.771. The van der Waals surface area contributed by atoms with Crippen LogP contribution in [0.25, 0.3) is 0 Å². The third kappa shape index (κ3) is 3.62. The first-order chi connectivity index (χ1) is 13.1. The number of aliphatic hydroxyl groups excluding tert-OH is 1. The number of hydrogen-bond acceptors (Lipinski definition) is 6. The molecule has 1 aliphatic rings. The standard InChI is InChI=1S/C20H20N2O5/c1-3-27-20(25)16-17(14-5-4-10-21-11-14)22(19(24)18(16)23)12-13-6-8-15(26-2)9-7-13/h4-11,17,23H,3,12H2,1-2H3/t17-/m1/s1. The van der Waals surface area contributed by atoms with Crippen molar-refractivity contribution in [1.82, 2.24) is 9.88 Å². The Labute approximate surface area is 156 Å². The highest BCUT2D eigenvalue weighted by Gasteiger charge is 2.44. The van der Waals surface area contributed by atoms with Gasteiger partial charge in [-0.05, 0) is 36.2 Å². The Morgan fingerprint density at radius 2 is 2.00 bits per heavy atom. The molecule has 0 spiro atoms. The van der Waals surface area contributed by atoms with Gasteiger partial charge >= 0.3 is 5.97 Å². The topological polar surface area (TPSA) is 89.0 Å². The van der Waals surface area contributed by atoms with Gasteiger partial charge in [-0.25, -0.2) is 4.79 Å². The van der Waals surface area contributed by atoms with Crippen molar-refractivity contribution in [1.29, 1.82) is 0 Å². The molecule has 2 heterocycles. The van der Waals surface area contributed by atoms with E-state index >= 15 is 0 Å². The molecule has 3 rings (SSSR count). The SMILES string of the molecule is CCOC(=O)C1=C(O)C(=O)N(Cc2ccc(OC)cc2)[C@@H]1c1cccnc1. The number of carbonyl (C=O) groups is 2. The summed E-state index contributed by atoms with van der Waals surface area (Å²) in [5.41, 5.74) is 1.38. The van der Waals surface area contributed by atoms with E-state index in [0.717, 1.165) is 5.56 Å². The van der Waals surface area contributed by atoms with E-state index < -0.39 is 23.7 Å². The van der Waals surface area contributed by atoms with Crippen LogP contribution in [0.1, 0.15) is 24.1 Å². The maximum absolute atomic E-state index is 12.7. The van der Waals surface area contributed by atoms with Crippen LogP contribution in [-0.4, -0.2) is 40.6 Å². The smallest absolute Gasteiger partial charge is 0.340 e. The third-order valence-corrected chi connectivity index (χ3v) is 4.31. The lowest BCUT2D eigenvalue weighted by Gasteiger charge is -2.26. The fourth-order valence-electron chi connectivity index (χ4n) is 3.05. The lowest BCUT2D eigenvalue weighted by Crippen LogP contribution is -2.31. The number of benzene rings is 1. The number of ether oxygens (including phenoxy) is 2. The second-order valence-corrected chi connectivity index (χ2v) is 5.95. The van der Waals surface area contributed by atoms with Crippen LogP contribution in [0.15, 0.2) is 60.1 Å². The molecule has 0 unspecified atom stereocenters. The van der Waals surface area contributed by atoms with E-state index in [2.05, 4.69) is 4.98 Å². The summed E-state index contributed by atoms with van der Waals surface area (Å²) in [6, 6.07) is 9.92. The van der Waals surface area contributed by atoms with Crippen LogP contribution in [0.4, 0.5) is 0 Å². The van der Waals surface area contributed by atoms with Crippen molar-refractivity contribution >= 4 is 11.9 Å². The van der Waals surface area contributed by atoms with Crippen molar-refractivity contribution in [3.05, 3.63) is 71.3 Å². The molecule has 27 heavy (non-hydrogen) atoms. The summed E-state index contributed by atoms with van der Waals surface area (Å²) in [5.74, 6) is -1.23. The first-order valence-corrected chi connectivity index (χ1v) is 8.50. The van der Waals surface area contributed by atoms with Crippen molar-refractivity contribution in [2.45, 2.75) is 19.5 Å². The van der Waals surface area contributed by atoms with Gasteiger partial charge in [0.1, 0.15) is 11.3 Å². The van der Waals surface area contributed by atoms with Crippen LogP contribution in [-0.2, 0) is 20.9 Å². The average molecular weight is 368 g/mol. The number of rotatable bonds is 6. The summed E-state index contributed by atoms with van der Waals surface area (Å²) < 4.78 is 10.2. The first-order valence-electron chi connectivity index (χ1n) is 8.50. The molecule has 0 saturated carbocycles. The van der Waals surface area contributed by atoms with Crippen LogP contribution < -0.4 is 4.74 Å². The molecule has 1 amide bonds. The first kappa shape index (κ1) is 18.4. The van der Waals surface area contributed by atoms with Crippen molar-refractivity contribution < 1.29 is 24.2 Å². The Balaban J connectivity index is 1.98. The van der Waals surface area contributed by atoms with Crippen molar-refractivity contribution in [2.75, 3.05) is 13.7 Å². The minimum Gasteiger partial charge on any atom is -0.503 e. The van der Waals surface area contributed by atoms with Gasteiger partial charge in [-0.3, -0.25) is 9.78 Å². The van der Waals surface area contributed by atoms with Crippen molar-refractivity contribution in [3.8, 4) is 5.75 Å². The molecule has 7 heteroatoms. The van der Waals surface area contributed by atoms with Gasteiger partial charge in [0, 0.05) is 18.9 Å². The molecule has 0 saturated heterocycles. The molecule has 0 fully saturated rings. The van der Waals surface area contributed by atoms with Crippen LogP contribution in [0.2, 0.25) is 0 Å². The zero-order valence-electron chi connectivity index (χ0n) is 15.1. The van der Waals surface area contributed by atoms with Crippen LogP contribution in [0.5, 0.6) is 5.75 Å². The number of aromatic nitrogens is 1. The number of methoxy groups -OCH3 is 1. The minimum absolute atomic E-state index is 0.0663.